The number of para-hydroxylation sites is 1. The van der Waals surface area contributed by atoms with Crippen molar-refractivity contribution < 1.29 is 27.2 Å². The maximum Gasteiger partial charge on any atom is 0.416 e. The van der Waals surface area contributed by atoms with E-state index in [0.29, 0.717) is 16.7 Å². The monoisotopic (exact) mass is 350 g/mol. The number of carbonyl (C=O) groups excluding carboxylic acids is 1. The van der Waals surface area contributed by atoms with Crippen LogP contribution >= 0.6 is 0 Å². The summed E-state index contributed by atoms with van der Waals surface area (Å²) in [5.74, 6) is -0.400. The number of amides is 1. The molecule has 0 radical (unpaired) electrons. The molecule has 3 rings (SSSR count). The molecule has 0 aliphatic carbocycles. The van der Waals surface area contributed by atoms with Gasteiger partial charge in [0.05, 0.1) is 24.8 Å². The minimum absolute atomic E-state index is 0.0601. The van der Waals surface area contributed by atoms with E-state index in [1.54, 1.807) is 24.3 Å². The third-order valence-electron chi connectivity index (χ3n) is 3.58. The molecule has 2 aromatic carbocycles. The number of hydrogen-bond acceptors (Lipinski definition) is 4. The van der Waals surface area contributed by atoms with Crippen LogP contribution in [0.5, 0.6) is 5.75 Å². The summed E-state index contributed by atoms with van der Waals surface area (Å²) < 4.78 is 48.6. The van der Waals surface area contributed by atoms with Crippen LogP contribution in [0.15, 0.2) is 47.0 Å². The molecule has 0 unspecified atom stereocenters. The van der Waals surface area contributed by atoms with E-state index in [1.165, 1.54) is 7.11 Å². The number of anilines is 1. The molecule has 0 saturated carbocycles. The fourth-order valence-electron chi connectivity index (χ4n) is 2.39. The Morgan fingerprint density at radius 1 is 1.24 bits per heavy atom. The Hall–Kier alpha value is -3.03. The molecule has 0 atom stereocenters. The molecule has 130 valence electrons. The first-order valence-electron chi connectivity index (χ1n) is 7.27. The molecule has 0 fully saturated rings. The van der Waals surface area contributed by atoms with Gasteiger partial charge < -0.3 is 14.6 Å². The zero-order valence-electron chi connectivity index (χ0n) is 13.1. The number of methoxy groups -OCH3 is 1. The SMILES string of the molecule is COc1ccc(C(F)(F)F)cc1NC(=O)Cc1noc2ccccc12. The molecule has 5 nitrogen and oxygen atoms in total. The highest BCUT2D eigenvalue weighted by Crippen LogP contribution is 2.35. The van der Waals surface area contributed by atoms with Gasteiger partial charge in [0.2, 0.25) is 5.91 Å². The molecule has 0 aliphatic heterocycles. The van der Waals surface area contributed by atoms with Crippen LogP contribution in [-0.2, 0) is 17.4 Å². The Balaban J connectivity index is 1.83. The first-order valence-corrected chi connectivity index (χ1v) is 7.27. The number of nitrogens with zero attached hydrogens (tertiary/aromatic N) is 1. The highest BCUT2D eigenvalue weighted by molar-refractivity contribution is 5.95. The van der Waals surface area contributed by atoms with Crippen molar-refractivity contribution in [3.63, 3.8) is 0 Å². The number of hydrogen-bond donors (Lipinski definition) is 1. The lowest BCUT2D eigenvalue weighted by molar-refractivity contribution is -0.137. The van der Waals surface area contributed by atoms with E-state index in [-0.39, 0.29) is 17.9 Å². The molecular formula is C17H13F3N2O3. The van der Waals surface area contributed by atoms with Crippen LogP contribution in [0.3, 0.4) is 0 Å². The van der Waals surface area contributed by atoms with Crippen LogP contribution in [0.2, 0.25) is 0 Å². The van der Waals surface area contributed by atoms with Crippen LogP contribution in [0.25, 0.3) is 11.0 Å². The number of benzene rings is 2. The molecule has 1 aromatic heterocycles. The van der Waals surface area contributed by atoms with Crippen molar-refractivity contribution in [2.45, 2.75) is 12.6 Å². The smallest absolute Gasteiger partial charge is 0.416 e. The van der Waals surface area contributed by atoms with Gasteiger partial charge in [0.15, 0.2) is 5.58 Å². The van der Waals surface area contributed by atoms with E-state index in [0.717, 1.165) is 18.2 Å². The fraction of sp³-hybridized carbons (Fsp3) is 0.176. The third kappa shape index (κ3) is 3.57. The lowest BCUT2D eigenvalue weighted by atomic mass is 10.1. The highest BCUT2D eigenvalue weighted by atomic mass is 19.4. The van der Waals surface area contributed by atoms with Crippen molar-refractivity contribution in [3.8, 4) is 5.75 Å². The molecule has 0 aliphatic rings. The Morgan fingerprint density at radius 3 is 2.72 bits per heavy atom. The molecule has 1 heterocycles. The molecule has 1 N–H and O–H groups in total. The number of carbonyl (C=O) groups is 1. The van der Waals surface area contributed by atoms with Gasteiger partial charge >= 0.3 is 6.18 Å². The molecule has 0 saturated heterocycles. The van der Waals surface area contributed by atoms with E-state index in [2.05, 4.69) is 10.5 Å². The molecule has 8 heteroatoms. The number of nitrogens with one attached hydrogen (secondary N) is 1. The van der Waals surface area contributed by atoms with Crippen molar-refractivity contribution in [1.29, 1.82) is 0 Å². The minimum atomic E-state index is -4.52. The van der Waals surface area contributed by atoms with Crippen LogP contribution in [0.1, 0.15) is 11.3 Å². The summed E-state index contributed by atoms with van der Waals surface area (Å²) in [4.78, 5) is 12.2. The van der Waals surface area contributed by atoms with Crippen molar-refractivity contribution in [3.05, 3.63) is 53.7 Å². The number of ether oxygens (including phenoxy) is 1. The summed E-state index contributed by atoms with van der Waals surface area (Å²) in [5.41, 5.74) is -0.00777. The van der Waals surface area contributed by atoms with Gasteiger partial charge in [-0.2, -0.15) is 13.2 Å². The molecule has 3 aromatic rings. The van der Waals surface area contributed by atoms with Crippen LogP contribution in [0.4, 0.5) is 18.9 Å². The standard InChI is InChI=1S/C17H13F3N2O3/c1-24-15-7-6-10(17(18,19)20)8-13(15)21-16(23)9-12-11-4-2-3-5-14(11)25-22-12/h2-8H,9H2,1H3,(H,21,23). The minimum Gasteiger partial charge on any atom is -0.495 e. The summed E-state index contributed by atoms with van der Waals surface area (Å²) >= 11 is 0. The number of alkyl halides is 3. The predicted molar refractivity (Wildman–Crippen MR) is 84.3 cm³/mol. The summed E-state index contributed by atoms with van der Waals surface area (Å²) in [6, 6.07) is 9.88. The largest absolute Gasteiger partial charge is 0.495 e. The first-order chi connectivity index (χ1) is 11.9. The van der Waals surface area contributed by atoms with Gasteiger partial charge in [0.1, 0.15) is 11.4 Å². The van der Waals surface area contributed by atoms with Crippen LogP contribution in [0, 0.1) is 0 Å². The first kappa shape index (κ1) is 16.8. The van der Waals surface area contributed by atoms with Gasteiger partial charge in [-0.1, -0.05) is 17.3 Å². The molecule has 0 spiro atoms. The van der Waals surface area contributed by atoms with Gasteiger partial charge in [-0.3, -0.25) is 4.79 Å². The van der Waals surface area contributed by atoms with Gasteiger partial charge in [0.25, 0.3) is 0 Å². The van der Waals surface area contributed by atoms with Gasteiger partial charge in [0, 0.05) is 5.39 Å². The number of fused-ring (bicyclic) bond motifs is 1. The Kier molecular flexibility index (Phi) is 4.35. The zero-order chi connectivity index (χ0) is 18.0. The van der Waals surface area contributed by atoms with Gasteiger partial charge in [-0.05, 0) is 30.3 Å². The molecule has 1 amide bonds. The summed E-state index contributed by atoms with van der Waals surface area (Å²) in [6.45, 7) is 0. The van der Waals surface area contributed by atoms with Crippen molar-refractivity contribution >= 4 is 22.6 Å². The van der Waals surface area contributed by atoms with Crippen LogP contribution in [-0.4, -0.2) is 18.2 Å². The normalized spacial score (nSPS) is 11.5. The van der Waals surface area contributed by atoms with E-state index < -0.39 is 17.6 Å². The highest BCUT2D eigenvalue weighted by Gasteiger charge is 2.31. The van der Waals surface area contributed by atoms with Crippen molar-refractivity contribution in [2.75, 3.05) is 12.4 Å². The Morgan fingerprint density at radius 2 is 2.00 bits per heavy atom. The van der Waals surface area contributed by atoms with E-state index >= 15 is 0 Å². The number of halogens is 3. The van der Waals surface area contributed by atoms with E-state index in [9.17, 15) is 18.0 Å². The Labute approximate surface area is 140 Å². The second-order valence-corrected chi connectivity index (χ2v) is 5.26. The zero-order valence-corrected chi connectivity index (χ0v) is 13.1. The van der Waals surface area contributed by atoms with Gasteiger partial charge in [-0.25, -0.2) is 0 Å². The van der Waals surface area contributed by atoms with Crippen molar-refractivity contribution in [2.24, 2.45) is 0 Å². The second kappa shape index (κ2) is 6.46. The van der Waals surface area contributed by atoms with E-state index in [1.807, 2.05) is 0 Å². The number of rotatable bonds is 4. The fourth-order valence-corrected chi connectivity index (χ4v) is 2.39. The third-order valence-corrected chi connectivity index (χ3v) is 3.58. The second-order valence-electron chi connectivity index (χ2n) is 5.26. The van der Waals surface area contributed by atoms with Gasteiger partial charge in [-0.15, -0.1) is 0 Å². The summed E-state index contributed by atoms with van der Waals surface area (Å²) in [6.07, 6.45) is -4.66. The predicted octanol–water partition coefficient (Wildman–Crippen LogP) is 4.04. The average molecular weight is 350 g/mol. The quantitative estimate of drug-likeness (QED) is 0.771. The van der Waals surface area contributed by atoms with Crippen molar-refractivity contribution in [1.82, 2.24) is 5.16 Å². The maximum atomic E-state index is 12.8. The molecule has 0 bridgehead atoms. The maximum absolute atomic E-state index is 12.8. The lowest BCUT2D eigenvalue weighted by Gasteiger charge is -2.13. The summed E-state index contributed by atoms with van der Waals surface area (Å²) in [5, 5.41) is 6.94. The molecular weight excluding hydrogens is 337 g/mol. The number of aromatic nitrogens is 1. The van der Waals surface area contributed by atoms with E-state index in [4.69, 9.17) is 9.26 Å². The summed E-state index contributed by atoms with van der Waals surface area (Å²) in [7, 11) is 1.31. The average Bonchev–Trinajstić information content (AvgIpc) is 2.97. The Bertz CT molecular complexity index is 919. The molecule has 25 heavy (non-hydrogen) atoms. The van der Waals surface area contributed by atoms with Crippen LogP contribution < -0.4 is 10.1 Å². The topological polar surface area (TPSA) is 64.4 Å². The lowest BCUT2D eigenvalue weighted by Crippen LogP contribution is -2.16.